The minimum Gasteiger partial charge on any atom is -0.381 e. The van der Waals surface area contributed by atoms with Crippen LogP contribution in [0.15, 0.2) is 71.7 Å². The number of rotatable bonds is 7. The molecule has 44 heavy (non-hydrogen) atoms. The van der Waals surface area contributed by atoms with Crippen molar-refractivity contribution >= 4 is 40.9 Å². The van der Waals surface area contributed by atoms with Gasteiger partial charge in [-0.05, 0) is 12.1 Å². The van der Waals surface area contributed by atoms with E-state index in [2.05, 4.69) is 30.1 Å². The van der Waals surface area contributed by atoms with Crippen molar-refractivity contribution in [3.05, 3.63) is 106 Å². The first kappa shape index (κ1) is 35.2. The SMILES string of the molecule is C.Cl.N.N#Cc1nc(-c2nccs2)n(Cc2ccccc2F)n1.N=C(N)c1nc(-c2nccs2)n(Cc2ccccc2F)n1. The van der Waals surface area contributed by atoms with Crippen LogP contribution in [0.4, 0.5) is 8.78 Å². The number of aromatic nitrogens is 8. The van der Waals surface area contributed by atoms with Gasteiger partial charge in [0.15, 0.2) is 27.5 Å². The highest BCUT2D eigenvalue weighted by Crippen LogP contribution is 2.22. The Kier molecular flexibility index (Phi) is 12.9. The molecule has 2 aromatic carbocycles. The zero-order chi connectivity index (χ0) is 28.8. The number of nitriles is 1. The molecule has 0 fully saturated rings. The minimum absolute atomic E-state index is 0. The van der Waals surface area contributed by atoms with Gasteiger partial charge in [-0.3, -0.25) is 5.41 Å². The molecule has 17 heteroatoms. The van der Waals surface area contributed by atoms with E-state index in [0.29, 0.717) is 32.8 Å². The van der Waals surface area contributed by atoms with E-state index < -0.39 is 0 Å². The van der Waals surface area contributed by atoms with E-state index >= 15 is 0 Å². The van der Waals surface area contributed by atoms with Gasteiger partial charge < -0.3 is 11.9 Å². The third kappa shape index (κ3) is 8.11. The van der Waals surface area contributed by atoms with Crippen molar-refractivity contribution in [2.24, 2.45) is 5.73 Å². The number of hydrogen-bond acceptors (Lipinski definition) is 11. The molecule has 0 radical (unpaired) electrons. The van der Waals surface area contributed by atoms with Gasteiger partial charge in [0.05, 0.1) is 13.1 Å². The predicted molar refractivity (Wildman–Crippen MR) is 168 cm³/mol. The topological polar surface area (TPSA) is 196 Å². The Morgan fingerprint density at radius 2 is 1.32 bits per heavy atom. The number of nitrogens with zero attached hydrogens (tertiary/aromatic N) is 9. The molecule has 0 aliphatic heterocycles. The van der Waals surface area contributed by atoms with Gasteiger partial charge in [-0.1, -0.05) is 43.8 Å². The Labute approximate surface area is 265 Å². The predicted octanol–water partition coefficient (Wildman–Crippen LogP) is 5.55. The van der Waals surface area contributed by atoms with Crippen LogP contribution in [0.25, 0.3) is 21.7 Å². The second kappa shape index (κ2) is 16.0. The molecule has 6 N–H and O–H groups in total. The molecular formula is C27H27ClF2N12S2. The smallest absolute Gasteiger partial charge is 0.252 e. The normalized spacial score (nSPS) is 9.84. The summed E-state index contributed by atoms with van der Waals surface area (Å²) in [6, 6.07) is 14.8. The molecule has 0 spiro atoms. The monoisotopic (exact) mass is 656 g/mol. The summed E-state index contributed by atoms with van der Waals surface area (Å²) in [5.41, 5.74) is 6.39. The van der Waals surface area contributed by atoms with Gasteiger partial charge in [0, 0.05) is 34.3 Å². The molecular weight excluding hydrogens is 630 g/mol. The Hall–Kier alpha value is -4.95. The molecule has 0 saturated carbocycles. The van der Waals surface area contributed by atoms with Gasteiger partial charge in [0.25, 0.3) is 5.82 Å². The summed E-state index contributed by atoms with van der Waals surface area (Å²) in [5.74, 6) is 0.232. The van der Waals surface area contributed by atoms with Crippen LogP contribution in [0.3, 0.4) is 0 Å². The molecule has 0 bridgehead atoms. The van der Waals surface area contributed by atoms with Crippen molar-refractivity contribution in [1.82, 2.24) is 45.6 Å². The molecule has 0 unspecified atom stereocenters. The van der Waals surface area contributed by atoms with Crippen molar-refractivity contribution < 1.29 is 8.78 Å². The van der Waals surface area contributed by atoms with Crippen molar-refractivity contribution in [3.63, 3.8) is 0 Å². The molecule has 6 aromatic rings. The number of nitrogens with one attached hydrogen (secondary N) is 1. The fraction of sp³-hybridized carbons (Fsp3) is 0.111. The van der Waals surface area contributed by atoms with Crippen LogP contribution in [-0.4, -0.2) is 45.3 Å². The number of amidine groups is 1. The second-order valence-corrected chi connectivity index (χ2v) is 10.0. The summed E-state index contributed by atoms with van der Waals surface area (Å²) < 4.78 is 30.5. The number of nitrogens with two attached hydrogens (primary N) is 1. The standard InChI is InChI=1S/C13H11FN6S.C13H8FN5S.CH4.ClH.H3N/c14-9-4-2-1-3-8(9)7-20-12(13-17-5-6-21-13)18-11(19-20)10(15)16;14-10-4-2-1-3-9(10)8-19-12(13-16-5-6-20-13)17-11(7-15)18-19;;;/h1-6H,7H2,(H3,15,16);1-6H,8H2;1H4;1H;1H3. The first-order valence-electron chi connectivity index (χ1n) is 11.8. The summed E-state index contributed by atoms with van der Waals surface area (Å²) in [6.07, 6.45) is 3.30. The van der Waals surface area contributed by atoms with E-state index in [0.717, 1.165) is 0 Å². The van der Waals surface area contributed by atoms with Crippen molar-refractivity contribution in [1.29, 1.82) is 10.7 Å². The highest BCUT2D eigenvalue weighted by atomic mass is 35.5. The minimum atomic E-state index is -0.317. The van der Waals surface area contributed by atoms with Gasteiger partial charge in [-0.15, -0.1) is 45.3 Å². The summed E-state index contributed by atoms with van der Waals surface area (Å²) in [7, 11) is 0. The maximum absolute atomic E-state index is 13.8. The lowest BCUT2D eigenvalue weighted by Gasteiger charge is -2.05. The van der Waals surface area contributed by atoms with Gasteiger partial charge in [-0.2, -0.15) is 10.2 Å². The zero-order valence-corrected chi connectivity index (χ0v) is 24.6. The van der Waals surface area contributed by atoms with Gasteiger partial charge in [-0.25, -0.2) is 33.1 Å². The van der Waals surface area contributed by atoms with Crippen LogP contribution in [0, 0.1) is 28.4 Å². The maximum Gasteiger partial charge on any atom is 0.252 e. The number of hydrogen-bond donors (Lipinski definition) is 3. The summed E-state index contributed by atoms with van der Waals surface area (Å²) in [4.78, 5) is 16.6. The van der Waals surface area contributed by atoms with E-state index in [1.54, 1.807) is 48.8 Å². The van der Waals surface area contributed by atoms with Crippen molar-refractivity contribution in [2.75, 3.05) is 0 Å². The van der Waals surface area contributed by atoms with E-state index in [9.17, 15) is 8.78 Å². The van der Waals surface area contributed by atoms with E-state index in [1.165, 1.54) is 44.2 Å². The van der Waals surface area contributed by atoms with E-state index in [-0.39, 0.29) is 68.2 Å². The average Bonchev–Trinajstić information content (AvgIpc) is 3.78. The number of halogens is 3. The van der Waals surface area contributed by atoms with Crippen LogP contribution in [-0.2, 0) is 13.1 Å². The Morgan fingerprint density at radius 3 is 1.75 bits per heavy atom. The zero-order valence-electron chi connectivity index (χ0n) is 22.1. The number of benzene rings is 2. The van der Waals surface area contributed by atoms with Crippen LogP contribution < -0.4 is 11.9 Å². The van der Waals surface area contributed by atoms with Crippen LogP contribution in [0.5, 0.6) is 0 Å². The molecule has 228 valence electrons. The average molecular weight is 657 g/mol. The Morgan fingerprint density at radius 1 is 0.841 bits per heavy atom. The molecule has 6 rings (SSSR count). The fourth-order valence-corrected chi connectivity index (χ4v) is 4.88. The lowest BCUT2D eigenvalue weighted by Crippen LogP contribution is -2.14. The molecule has 0 amide bonds. The van der Waals surface area contributed by atoms with Crippen molar-refractivity contribution in [3.8, 4) is 27.7 Å². The highest BCUT2D eigenvalue weighted by Gasteiger charge is 2.17. The molecule has 4 heterocycles. The second-order valence-electron chi connectivity index (χ2n) is 8.22. The summed E-state index contributed by atoms with van der Waals surface area (Å²) >= 11 is 2.78. The number of nitrogen functional groups attached to an aromatic ring is 1. The first-order valence-corrected chi connectivity index (χ1v) is 13.6. The quantitative estimate of drug-likeness (QED) is 0.146. The summed E-state index contributed by atoms with van der Waals surface area (Å²) in [6.45, 7) is 0.401. The summed E-state index contributed by atoms with van der Waals surface area (Å²) in [5, 5.41) is 29.5. The fourth-order valence-electron chi connectivity index (χ4n) is 3.63. The Bertz CT molecular complexity index is 1830. The van der Waals surface area contributed by atoms with E-state index in [1.807, 2.05) is 16.8 Å². The maximum atomic E-state index is 13.8. The molecule has 4 aromatic heterocycles. The molecule has 12 nitrogen and oxygen atoms in total. The third-order valence-corrected chi connectivity index (χ3v) is 7.03. The van der Waals surface area contributed by atoms with Crippen LogP contribution >= 0.6 is 35.1 Å². The molecule has 0 aliphatic carbocycles. The molecule has 0 aliphatic rings. The largest absolute Gasteiger partial charge is 0.381 e. The van der Waals surface area contributed by atoms with Crippen LogP contribution in [0.2, 0.25) is 0 Å². The third-order valence-electron chi connectivity index (χ3n) is 5.49. The van der Waals surface area contributed by atoms with E-state index in [4.69, 9.17) is 16.4 Å². The van der Waals surface area contributed by atoms with Crippen LogP contribution in [0.1, 0.15) is 30.2 Å². The number of thiazole rings is 2. The molecule has 0 saturated heterocycles. The molecule has 0 atom stereocenters. The lowest BCUT2D eigenvalue weighted by molar-refractivity contribution is 0.586. The van der Waals surface area contributed by atoms with Crippen molar-refractivity contribution in [2.45, 2.75) is 20.5 Å². The first-order chi connectivity index (χ1) is 19.9. The Balaban J connectivity index is 0.000000287. The lowest BCUT2D eigenvalue weighted by atomic mass is 10.2. The van der Waals surface area contributed by atoms with Gasteiger partial charge >= 0.3 is 0 Å². The van der Waals surface area contributed by atoms with Gasteiger partial charge in [0.2, 0.25) is 5.82 Å². The highest BCUT2D eigenvalue weighted by molar-refractivity contribution is 7.13. The van der Waals surface area contributed by atoms with Gasteiger partial charge in [0.1, 0.15) is 17.7 Å².